The minimum atomic E-state index is -3.48. The van der Waals surface area contributed by atoms with Gasteiger partial charge in [-0.15, -0.1) is 0 Å². The van der Waals surface area contributed by atoms with E-state index in [-0.39, 0.29) is 0 Å². The van der Waals surface area contributed by atoms with Gasteiger partial charge < -0.3 is 10.1 Å². The van der Waals surface area contributed by atoms with Crippen molar-refractivity contribution in [2.24, 2.45) is 0 Å². The van der Waals surface area contributed by atoms with Crippen LogP contribution in [0.1, 0.15) is 0 Å². The van der Waals surface area contributed by atoms with Crippen molar-refractivity contribution < 1.29 is 18.5 Å². The Morgan fingerprint density at radius 3 is 2.56 bits per heavy atom. The third kappa shape index (κ3) is 3.05. The summed E-state index contributed by atoms with van der Waals surface area (Å²) >= 11 is 0. The van der Waals surface area contributed by atoms with Gasteiger partial charge in [0, 0.05) is 19.3 Å². The van der Waals surface area contributed by atoms with Gasteiger partial charge in [0.1, 0.15) is 6.20 Å². The van der Waals surface area contributed by atoms with E-state index in [1.165, 1.54) is 16.7 Å². The SMILES string of the molecule is C=CN(/C=C\[NH2+]C)S(=O)(=O)N1CCOCC1. The second kappa shape index (κ2) is 6.00. The van der Waals surface area contributed by atoms with Gasteiger partial charge in [0.05, 0.1) is 26.5 Å². The molecule has 0 aliphatic carbocycles. The van der Waals surface area contributed by atoms with Crippen molar-refractivity contribution in [3.05, 3.63) is 25.2 Å². The first-order valence-corrected chi connectivity index (χ1v) is 6.47. The van der Waals surface area contributed by atoms with Crippen molar-refractivity contribution in [1.82, 2.24) is 8.61 Å². The van der Waals surface area contributed by atoms with E-state index in [9.17, 15) is 8.42 Å². The van der Waals surface area contributed by atoms with Gasteiger partial charge in [-0.05, 0) is 0 Å². The fraction of sp³-hybridized carbons (Fsp3) is 0.556. The molecule has 0 aromatic rings. The maximum absolute atomic E-state index is 12.1. The normalized spacial score (nSPS) is 18.8. The average molecular weight is 248 g/mol. The van der Waals surface area contributed by atoms with Gasteiger partial charge in [0.2, 0.25) is 0 Å². The van der Waals surface area contributed by atoms with Gasteiger partial charge in [-0.3, -0.25) is 0 Å². The fourth-order valence-corrected chi connectivity index (χ4v) is 2.60. The monoisotopic (exact) mass is 248 g/mol. The molecule has 0 aromatic heterocycles. The second-order valence-corrected chi connectivity index (χ2v) is 5.04. The Morgan fingerprint density at radius 2 is 2.06 bits per heavy atom. The van der Waals surface area contributed by atoms with Crippen LogP contribution in [0.3, 0.4) is 0 Å². The van der Waals surface area contributed by atoms with Crippen molar-refractivity contribution in [3.63, 3.8) is 0 Å². The van der Waals surface area contributed by atoms with Gasteiger partial charge in [-0.25, -0.2) is 4.31 Å². The third-order valence-corrected chi connectivity index (χ3v) is 3.99. The fourth-order valence-electron chi connectivity index (χ4n) is 1.31. The quantitative estimate of drug-likeness (QED) is 0.656. The van der Waals surface area contributed by atoms with Crippen LogP contribution in [0.15, 0.2) is 25.2 Å². The van der Waals surface area contributed by atoms with Crippen molar-refractivity contribution in [3.8, 4) is 0 Å². The summed E-state index contributed by atoms with van der Waals surface area (Å²) in [6.07, 6.45) is 4.41. The van der Waals surface area contributed by atoms with E-state index in [0.717, 1.165) is 4.31 Å². The molecule has 1 rings (SSSR count). The summed E-state index contributed by atoms with van der Waals surface area (Å²) in [6.45, 7) is 5.15. The minimum absolute atomic E-state index is 0.385. The Morgan fingerprint density at radius 1 is 1.44 bits per heavy atom. The number of hydrogen-bond acceptors (Lipinski definition) is 3. The molecule has 1 heterocycles. The number of quaternary nitrogens is 1. The summed E-state index contributed by atoms with van der Waals surface area (Å²) in [4.78, 5) is 0. The van der Waals surface area contributed by atoms with Crippen LogP contribution in [-0.2, 0) is 14.9 Å². The maximum Gasteiger partial charge on any atom is 0.307 e. The Hall–Kier alpha value is -0.890. The molecule has 92 valence electrons. The lowest BCUT2D eigenvalue weighted by molar-refractivity contribution is -0.556. The Labute approximate surface area is 96.4 Å². The number of ether oxygens (including phenoxy) is 1. The zero-order valence-electron chi connectivity index (χ0n) is 9.37. The minimum Gasteiger partial charge on any atom is -0.379 e. The van der Waals surface area contributed by atoms with Gasteiger partial charge in [0.25, 0.3) is 0 Å². The number of nitrogens with zero attached hydrogens (tertiary/aromatic N) is 2. The van der Waals surface area contributed by atoms with E-state index in [1.807, 2.05) is 7.05 Å². The van der Waals surface area contributed by atoms with Gasteiger partial charge >= 0.3 is 10.2 Å². The van der Waals surface area contributed by atoms with Gasteiger partial charge in [-0.2, -0.15) is 12.7 Å². The molecule has 1 fully saturated rings. The molecule has 0 spiro atoms. The number of nitrogens with two attached hydrogens (primary N) is 1. The summed E-state index contributed by atoms with van der Waals surface area (Å²) in [6, 6.07) is 0. The molecule has 0 aromatic carbocycles. The summed E-state index contributed by atoms with van der Waals surface area (Å²) in [5.41, 5.74) is 0. The molecular formula is C9H18N3O3S+. The van der Waals surface area contributed by atoms with Crippen molar-refractivity contribution in [2.75, 3.05) is 33.4 Å². The molecule has 0 atom stereocenters. The van der Waals surface area contributed by atoms with Crippen LogP contribution < -0.4 is 5.32 Å². The van der Waals surface area contributed by atoms with E-state index in [2.05, 4.69) is 6.58 Å². The molecular weight excluding hydrogens is 230 g/mol. The molecule has 0 amide bonds. The summed E-state index contributed by atoms with van der Waals surface area (Å²) < 4.78 is 31.8. The molecule has 2 N–H and O–H groups in total. The van der Waals surface area contributed by atoms with Gasteiger partial charge in [0.15, 0.2) is 0 Å². The predicted octanol–water partition coefficient (Wildman–Crippen LogP) is -1.33. The molecule has 0 saturated carbocycles. The third-order valence-electron chi connectivity index (χ3n) is 2.17. The maximum atomic E-state index is 12.1. The highest BCUT2D eigenvalue weighted by Crippen LogP contribution is 2.11. The van der Waals surface area contributed by atoms with Crippen molar-refractivity contribution in [1.29, 1.82) is 0 Å². The van der Waals surface area contributed by atoms with E-state index in [4.69, 9.17) is 4.74 Å². The summed E-state index contributed by atoms with van der Waals surface area (Å²) in [5.74, 6) is 0. The number of rotatable bonds is 5. The van der Waals surface area contributed by atoms with Crippen molar-refractivity contribution >= 4 is 10.2 Å². The van der Waals surface area contributed by atoms with E-state index in [1.54, 1.807) is 11.5 Å². The van der Waals surface area contributed by atoms with Crippen LogP contribution in [0.4, 0.5) is 0 Å². The molecule has 0 bridgehead atoms. The van der Waals surface area contributed by atoms with Gasteiger partial charge in [-0.1, -0.05) is 6.58 Å². The predicted molar refractivity (Wildman–Crippen MR) is 60.3 cm³/mol. The largest absolute Gasteiger partial charge is 0.379 e. The van der Waals surface area contributed by atoms with E-state index in [0.29, 0.717) is 26.3 Å². The summed E-state index contributed by atoms with van der Waals surface area (Å²) in [5, 5.41) is 1.76. The van der Waals surface area contributed by atoms with Crippen LogP contribution >= 0.6 is 0 Å². The molecule has 1 aliphatic heterocycles. The van der Waals surface area contributed by atoms with Crippen LogP contribution in [0.25, 0.3) is 0 Å². The Kier molecular flexibility index (Phi) is 4.94. The molecule has 6 nitrogen and oxygen atoms in total. The molecule has 7 heteroatoms. The molecule has 1 aliphatic rings. The van der Waals surface area contributed by atoms with Crippen molar-refractivity contribution in [2.45, 2.75) is 0 Å². The van der Waals surface area contributed by atoms with E-state index >= 15 is 0 Å². The highest BCUT2D eigenvalue weighted by Gasteiger charge is 2.27. The lowest BCUT2D eigenvalue weighted by atomic mass is 10.5. The topological polar surface area (TPSA) is 66.5 Å². The van der Waals surface area contributed by atoms with E-state index < -0.39 is 10.2 Å². The zero-order valence-corrected chi connectivity index (χ0v) is 10.2. The first-order chi connectivity index (χ1) is 7.62. The number of morpholine rings is 1. The Balaban J connectivity index is 2.80. The number of hydrogen-bond donors (Lipinski definition) is 1. The van der Waals surface area contributed by atoms with Crippen LogP contribution in [-0.4, -0.2) is 50.4 Å². The van der Waals surface area contributed by atoms with Crippen LogP contribution in [0, 0.1) is 0 Å². The average Bonchev–Trinajstić information content (AvgIpc) is 2.31. The second-order valence-electron chi connectivity index (χ2n) is 3.21. The molecule has 0 radical (unpaired) electrons. The standard InChI is InChI=1S/C9H17N3O3S/c1-3-11(5-4-10-2)16(13,14)12-6-8-15-9-7-12/h3-5,10H,1,6-9H2,2H3/p+1/b5-4-. The molecule has 0 unspecified atom stereocenters. The first kappa shape index (κ1) is 13.2. The van der Waals surface area contributed by atoms with Crippen LogP contribution in [0.2, 0.25) is 0 Å². The highest BCUT2D eigenvalue weighted by atomic mass is 32.2. The molecule has 16 heavy (non-hydrogen) atoms. The lowest BCUT2D eigenvalue weighted by Crippen LogP contribution is -2.72. The molecule has 1 saturated heterocycles. The smallest absolute Gasteiger partial charge is 0.307 e. The summed E-state index contributed by atoms with van der Waals surface area (Å²) in [7, 11) is -1.67. The Bertz CT molecular complexity index is 347. The van der Waals surface area contributed by atoms with Crippen LogP contribution in [0.5, 0.6) is 0 Å². The lowest BCUT2D eigenvalue weighted by Gasteiger charge is -2.29. The first-order valence-electron chi connectivity index (χ1n) is 5.08. The zero-order chi connectivity index (χ0) is 12.0. The highest BCUT2D eigenvalue weighted by molar-refractivity contribution is 7.86.